The smallest absolute Gasteiger partial charge is 0.336 e. The monoisotopic (exact) mass is 284 g/mol. The van der Waals surface area contributed by atoms with Gasteiger partial charge in [-0.2, -0.15) is 0 Å². The summed E-state index contributed by atoms with van der Waals surface area (Å²) in [5, 5.41) is 18.4. The van der Waals surface area contributed by atoms with Crippen LogP contribution in [-0.2, 0) is 12.0 Å². The average molecular weight is 284 g/mol. The van der Waals surface area contributed by atoms with E-state index < -0.39 is 5.97 Å². The average Bonchev–Trinajstić information content (AvgIpc) is 2.45. The van der Waals surface area contributed by atoms with Gasteiger partial charge in [-0.3, -0.25) is 0 Å². The van der Waals surface area contributed by atoms with Crippen molar-refractivity contribution in [1.29, 1.82) is 0 Å². The van der Waals surface area contributed by atoms with Crippen molar-refractivity contribution in [2.24, 2.45) is 0 Å². The van der Waals surface area contributed by atoms with Crippen LogP contribution in [0.4, 0.5) is 0 Å². The Bertz CT molecular complexity index is 649. The number of benzene rings is 2. The van der Waals surface area contributed by atoms with Gasteiger partial charge in [-0.25, -0.2) is 4.79 Å². The lowest BCUT2D eigenvalue weighted by molar-refractivity contribution is 0.0693. The summed E-state index contributed by atoms with van der Waals surface area (Å²) in [5.41, 5.74) is 3.70. The first-order chi connectivity index (χ1) is 9.82. The number of carbonyl (C=O) groups is 1. The summed E-state index contributed by atoms with van der Waals surface area (Å²) in [6.45, 7) is 6.19. The lowest BCUT2D eigenvalue weighted by Gasteiger charge is -2.19. The van der Waals surface area contributed by atoms with Gasteiger partial charge >= 0.3 is 5.97 Å². The standard InChI is InChI=1S/C18H20O3/c1-18(2,3)15-8-6-12(7-9-15)13-4-5-14(11-19)16(10-13)17(20)21/h4-10,19H,11H2,1-3H3,(H,20,21). The molecule has 0 aliphatic carbocycles. The van der Waals surface area contributed by atoms with Crippen molar-refractivity contribution in [2.45, 2.75) is 32.8 Å². The third-order valence-electron chi connectivity index (χ3n) is 3.59. The minimum atomic E-state index is -1.02. The molecule has 0 heterocycles. The molecule has 2 rings (SSSR count). The maximum Gasteiger partial charge on any atom is 0.336 e. The van der Waals surface area contributed by atoms with E-state index in [0.717, 1.165) is 11.1 Å². The lowest BCUT2D eigenvalue weighted by atomic mass is 9.86. The largest absolute Gasteiger partial charge is 0.478 e. The van der Waals surface area contributed by atoms with E-state index >= 15 is 0 Å². The third-order valence-corrected chi connectivity index (χ3v) is 3.59. The Kier molecular flexibility index (Phi) is 4.14. The van der Waals surface area contributed by atoms with Gasteiger partial charge in [0.25, 0.3) is 0 Å². The van der Waals surface area contributed by atoms with E-state index in [1.807, 2.05) is 18.2 Å². The molecule has 0 amide bonds. The van der Waals surface area contributed by atoms with E-state index in [-0.39, 0.29) is 17.6 Å². The molecular weight excluding hydrogens is 264 g/mol. The topological polar surface area (TPSA) is 57.5 Å². The second kappa shape index (κ2) is 5.70. The molecule has 0 atom stereocenters. The van der Waals surface area contributed by atoms with E-state index in [1.54, 1.807) is 12.1 Å². The second-order valence-electron chi connectivity index (χ2n) is 6.16. The summed E-state index contributed by atoms with van der Waals surface area (Å²) >= 11 is 0. The van der Waals surface area contributed by atoms with Crippen LogP contribution in [-0.4, -0.2) is 16.2 Å². The van der Waals surface area contributed by atoms with E-state index in [0.29, 0.717) is 5.56 Å². The number of aliphatic hydroxyl groups excluding tert-OH is 1. The van der Waals surface area contributed by atoms with Crippen LogP contribution in [0.25, 0.3) is 11.1 Å². The molecule has 110 valence electrons. The first-order valence-corrected chi connectivity index (χ1v) is 6.91. The molecule has 3 heteroatoms. The first-order valence-electron chi connectivity index (χ1n) is 6.91. The molecule has 2 aromatic rings. The van der Waals surface area contributed by atoms with Crippen molar-refractivity contribution in [1.82, 2.24) is 0 Å². The van der Waals surface area contributed by atoms with Crippen LogP contribution in [0.5, 0.6) is 0 Å². The third kappa shape index (κ3) is 3.31. The number of carboxylic acid groups (broad SMARTS) is 1. The molecule has 0 aliphatic rings. The Hall–Kier alpha value is -2.13. The van der Waals surface area contributed by atoms with Crippen LogP contribution in [0.2, 0.25) is 0 Å². The van der Waals surface area contributed by atoms with Crippen molar-refractivity contribution in [2.75, 3.05) is 0 Å². The lowest BCUT2D eigenvalue weighted by Crippen LogP contribution is -2.10. The number of aliphatic hydroxyl groups is 1. The molecule has 21 heavy (non-hydrogen) atoms. The molecule has 3 nitrogen and oxygen atoms in total. The fourth-order valence-corrected chi connectivity index (χ4v) is 2.26. The summed E-state index contributed by atoms with van der Waals surface area (Å²) in [6, 6.07) is 13.2. The quantitative estimate of drug-likeness (QED) is 0.900. The van der Waals surface area contributed by atoms with Gasteiger partial charge in [0.2, 0.25) is 0 Å². The van der Waals surface area contributed by atoms with Gasteiger partial charge in [-0.15, -0.1) is 0 Å². The van der Waals surface area contributed by atoms with Crippen molar-refractivity contribution < 1.29 is 15.0 Å². The van der Waals surface area contributed by atoms with Crippen LogP contribution in [0.1, 0.15) is 42.3 Å². The van der Waals surface area contributed by atoms with Gasteiger partial charge in [-0.1, -0.05) is 57.2 Å². The zero-order valence-corrected chi connectivity index (χ0v) is 12.6. The van der Waals surface area contributed by atoms with Gasteiger partial charge in [0.05, 0.1) is 12.2 Å². The van der Waals surface area contributed by atoms with Gasteiger partial charge < -0.3 is 10.2 Å². The molecule has 2 aromatic carbocycles. The minimum absolute atomic E-state index is 0.0888. The van der Waals surface area contributed by atoms with E-state index in [4.69, 9.17) is 0 Å². The van der Waals surface area contributed by atoms with Gasteiger partial charge in [0.1, 0.15) is 0 Å². The molecule has 0 aromatic heterocycles. The molecule has 0 spiro atoms. The molecular formula is C18H20O3. The first kappa shape index (κ1) is 15.3. The molecule has 0 fully saturated rings. The number of rotatable bonds is 3. The minimum Gasteiger partial charge on any atom is -0.478 e. The number of carboxylic acids is 1. The summed E-state index contributed by atoms with van der Waals surface area (Å²) in [6.07, 6.45) is 0. The Morgan fingerprint density at radius 2 is 1.57 bits per heavy atom. The number of hydrogen-bond donors (Lipinski definition) is 2. The molecule has 0 unspecified atom stereocenters. The summed E-state index contributed by atoms with van der Waals surface area (Å²) in [5.74, 6) is -1.02. The molecule has 0 saturated carbocycles. The zero-order valence-electron chi connectivity index (χ0n) is 12.6. The fourth-order valence-electron chi connectivity index (χ4n) is 2.26. The van der Waals surface area contributed by atoms with Gasteiger partial charge in [-0.05, 0) is 33.7 Å². The van der Waals surface area contributed by atoms with Crippen LogP contribution in [0, 0.1) is 0 Å². The SMILES string of the molecule is CC(C)(C)c1ccc(-c2ccc(CO)c(C(=O)O)c2)cc1. The fraction of sp³-hybridized carbons (Fsp3) is 0.278. The second-order valence-corrected chi connectivity index (χ2v) is 6.16. The van der Waals surface area contributed by atoms with Gasteiger partial charge in [0.15, 0.2) is 0 Å². The van der Waals surface area contributed by atoms with Crippen molar-refractivity contribution in [3.63, 3.8) is 0 Å². The highest BCUT2D eigenvalue weighted by molar-refractivity contribution is 5.91. The van der Waals surface area contributed by atoms with Crippen LogP contribution < -0.4 is 0 Å². The van der Waals surface area contributed by atoms with Crippen LogP contribution >= 0.6 is 0 Å². The Morgan fingerprint density at radius 1 is 1.00 bits per heavy atom. The Labute approximate surface area is 124 Å². The van der Waals surface area contributed by atoms with Crippen LogP contribution in [0.3, 0.4) is 0 Å². The van der Waals surface area contributed by atoms with E-state index in [1.165, 1.54) is 5.56 Å². The summed E-state index contributed by atoms with van der Waals surface area (Å²) in [7, 11) is 0. The molecule has 0 radical (unpaired) electrons. The predicted octanol–water partition coefficient (Wildman–Crippen LogP) is 3.84. The van der Waals surface area contributed by atoms with Crippen molar-refractivity contribution in [3.8, 4) is 11.1 Å². The maximum atomic E-state index is 11.2. The normalized spacial score (nSPS) is 11.4. The highest BCUT2D eigenvalue weighted by Crippen LogP contribution is 2.27. The van der Waals surface area contributed by atoms with Crippen molar-refractivity contribution in [3.05, 3.63) is 59.2 Å². The molecule has 0 bridgehead atoms. The predicted molar refractivity (Wildman–Crippen MR) is 83.5 cm³/mol. The summed E-state index contributed by atoms with van der Waals surface area (Å²) in [4.78, 5) is 11.2. The van der Waals surface area contributed by atoms with E-state index in [9.17, 15) is 15.0 Å². The molecule has 0 saturated heterocycles. The molecule has 2 N–H and O–H groups in total. The summed E-state index contributed by atoms with van der Waals surface area (Å²) < 4.78 is 0. The molecule has 0 aliphatic heterocycles. The van der Waals surface area contributed by atoms with E-state index in [2.05, 4.69) is 32.9 Å². The Morgan fingerprint density at radius 3 is 2.05 bits per heavy atom. The number of hydrogen-bond acceptors (Lipinski definition) is 2. The van der Waals surface area contributed by atoms with Gasteiger partial charge in [0, 0.05) is 0 Å². The maximum absolute atomic E-state index is 11.2. The zero-order chi connectivity index (χ0) is 15.6. The highest BCUT2D eigenvalue weighted by atomic mass is 16.4. The van der Waals surface area contributed by atoms with Crippen LogP contribution in [0.15, 0.2) is 42.5 Å². The highest BCUT2D eigenvalue weighted by Gasteiger charge is 2.14. The van der Waals surface area contributed by atoms with Crippen molar-refractivity contribution >= 4 is 5.97 Å². The number of aromatic carboxylic acids is 1. The Balaban J connectivity index is 2.43.